The summed E-state index contributed by atoms with van der Waals surface area (Å²) in [4.78, 5) is 0. The van der Waals surface area contributed by atoms with Crippen molar-refractivity contribution in [2.24, 2.45) is 5.84 Å². The highest BCUT2D eigenvalue weighted by Gasteiger charge is 2.13. The van der Waals surface area contributed by atoms with Crippen LogP contribution in [0.25, 0.3) is 0 Å². The molecule has 0 amide bonds. The zero-order chi connectivity index (χ0) is 13.8. The fourth-order valence-electron chi connectivity index (χ4n) is 2.14. The van der Waals surface area contributed by atoms with Crippen molar-refractivity contribution in [1.82, 2.24) is 5.43 Å². The Bertz CT molecular complexity index is 555. The second kappa shape index (κ2) is 6.45. The molecule has 100 valence electrons. The molecule has 3 N–H and O–H groups in total. The number of nitrogens with one attached hydrogen (secondary N) is 1. The quantitative estimate of drug-likeness (QED) is 0.491. The van der Waals surface area contributed by atoms with Crippen LogP contribution in [0.4, 0.5) is 4.39 Å². The molecule has 0 saturated heterocycles. The molecule has 0 radical (unpaired) electrons. The zero-order valence-corrected chi connectivity index (χ0v) is 12.8. The van der Waals surface area contributed by atoms with Crippen LogP contribution in [-0.4, -0.2) is 0 Å². The highest BCUT2D eigenvalue weighted by Crippen LogP contribution is 2.22. The molecule has 0 aromatic heterocycles. The summed E-state index contributed by atoms with van der Waals surface area (Å²) in [5, 5.41) is 0. The normalized spacial score (nSPS) is 12.4. The zero-order valence-electron chi connectivity index (χ0n) is 10.7. The van der Waals surface area contributed by atoms with Crippen molar-refractivity contribution in [1.29, 1.82) is 0 Å². The van der Waals surface area contributed by atoms with Gasteiger partial charge in [-0.25, -0.2) is 4.39 Å². The summed E-state index contributed by atoms with van der Waals surface area (Å²) in [5.41, 5.74) is 5.96. The Morgan fingerprint density at radius 1 is 1.21 bits per heavy atom. The van der Waals surface area contributed by atoms with E-state index >= 15 is 0 Å². The van der Waals surface area contributed by atoms with Crippen molar-refractivity contribution in [2.45, 2.75) is 19.4 Å². The summed E-state index contributed by atoms with van der Waals surface area (Å²) < 4.78 is 14.3. The lowest BCUT2D eigenvalue weighted by molar-refractivity contribution is 0.546. The lowest BCUT2D eigenvalue weighted by Crippen LogP contribution is -2.30. The fraction of sp³-hybridized carbons (Fsp3) is 0.200. The maximum atomic E-state index is 13.1. The van der Waals surface area contributed by atoms with Crippen molar-refractivity contribution in [3.05, 3.63) is 68.5 Å². The van der Waals surface area contributed by atoms with Gasteiger partial charge in [-0.15, -0.1) is 0 Å². The number of hydrazine groups is 1. The molecular formula is C15H16FIN2. The SMILES string of the molecule is Cc1cc(F)ccc1C(Cc1ccc(I)cc1)NN. The van der Waals surface area contributed by atoms with Gasteiger partial charge in [0.1, 0.15) is 5.82 Å². The summed E-state index contributed by atoms with van der Waals surface area (Å²) in [7, 11) is 0. The maximum absolute atomic E-state index is 13.1. The fourth-order valence-corrected chi connectivity index (χ4v) is 2.50. The van der Waals surface area contributed by atoms with Crippen molar-refractivity contribution < 1.29 is 4.39 Å². The van der Waals surface area contributed by atoms with Crippen molar-refractivity contribution in [3.8, 4) is 0 Å². The van der Waals surface area contributed by atoms with Crippen LogP contribution in [0.2, 0.25) is 0 Å². The lowest BCUT2D eigenvalue weighted by Gasteiger charge is -2.18. The smallest absolute Gasteiger partial charge is 0.123 e. The van der Waals surface area contributed by atoms with Crippen molar-refractivity contribution in [3.63, 3.8) is 0 Å². The first-order valence-corrected chi connectivity index (χ1v) is 7.14. The van der Waals surface area contributed by atoms with Crippen molar-refractivity contribution >= 4 is 22.6 Å². The third-order valence-corrected chi connectivity index (χ3v) is 3.88. The maximum Gasteiger partial charge on any atom is 0.123 e. The Labute approximate surface area is 126 Å². The molecule has 0 bridgehead atoms. The van der Waals surface area contributed by atoms with E-state index in [4.69, 9.17) is 5.84 Å². The van der Waals surface area contributed by atoms with Crippen LogP contribution in [0.1, 0.15) is 22.7 Å². The number of aryl methyl sites for hydroxylation is 1. The first-order chi connectivity index (χ1) is 9.10. The minimum Gasteiger partial charge on any atom is -0.271 e. The summed E-state index contributed by atoms with van der Waals surface area (Å²) in [6.45, 7) is 1.90. The Morgan fingerprint density at radius 2 is 1.89 bits per heavy atom. The molecule has 2 aromatic carbocycles. The summed E-state index contributed by atoms with van der Waals surface area (Å²) in [6, 6.07) is 13.1. The molecule has 4 heteroatoms. The number of nitrogens with two attached hydrogens (primary N) is 1. The van der Waals surface area contributed by atoms with Gasteiger partial charge in [0.2, 0.25) is 0 Å². The molecule has 0 aliphatic heterocycles. The average Bonchev–Trinajstić information content (AvgIpc) is 2.39. The lowest BCUT2D eigenvalue weighted by atomic mass is 9.96. The van der Waals surface area contributed by atoms with Gasteiger partial charge < -0.3 is 0 Å². The highest BCUT2D eigenvalue weighted by molar-refractivity contribution is 14.1. The van der Waals surface area contributed by atoms with Crippen molar-refractivity contribution in [2.75, 3.05) is 0 Å². The van der Waals surface area contributed by atoms with E-state index in [1.165, 1.54) is 21.3 Å². The molecule has 2 rings (SSSR count). The van der Waals surface area contributed by atoms with E-state index in [0.29, 0.717) is 0 Å². The van der Waals surface area contributed by atoms with Crippen LogP contribution < -0.4 is 11.3 Å². The Hall–Kier alpha value is -0.980. The largest absolute Gasteiger partial charge is 0.271 e. The monoisotopic (exact) mass is 370 g/mol. The Balaban J connectivity index is 2.22. The molecule has 0 saturated carbocycles. The minimum atomic E-state index is -0.216. The Morgan fingerprint density at radius 3 is 2.47 bits per heavy atom. The molecule has 0 fully saturated rings. The van der Waals surface area contributed by atoms with Crippen LogP contribution in [0.15, 0.2) is 42.5 Å². The predicted octanol–water partition coefficient (Wildman–Crippen LogP) is 3.49. The van der Waals surface area contributed by atoms with Gasteiger partial charge in [-0.05, 0) is 76.9 Å². The third kappa shape index (κ3) is 3.75. The summed E-state index contributed by atoms with van der Waals surface area (Å²) in [5.74, 6) is 5.43. The van der Waals surface area contributed by atoms with E-state index in [1.807, 2.05) is 6.92 Å². The predicted molar refractivity (Wildman–Crippen MR) is 84.1 cm³/mol. The molecule has 0 heterocycles. The van der Waals surface area contributed by atoms with Gasteiger partial charge in [0.25, 0.3) is 0 Å². The number of halogens is 2. The molecule has 2 aromatic rings. The van der Waals surface area contributed by atoms with E-state index in [2.05, 4.69) is 52.3 Å². The van der Waals surface area contributed by atoms with E-state index in [-0.39, 0.29) is 11.9 Å². The van der Waals surface area contributed by atoms with Crippen LogP contribution >= 0.6 is 22.6 Å². The third-order valence-electron chi connectivity index (χ3n) is 3.16. The molecule has 0 aliphatic rings. The average molecular weight is 370 g/mol. The van der Waals surface area contributed by atoms with Gasteiger partial charge in [0.05, 0.1) is 6.04 Å². The van der Waals surface area contributed by atoms with Gasteiger partial charge in [0.15, 0.2) is 0 Å². The molecule has 1 atom stereocenters. The Kier molecular flexibility index (Phi) is 4.90. The first-order valence-electron chi connectivity index (χ1n) is 6.07. The van der Waals surface area contributed by atoms with Crippen LogP contribution in [0.3, 0.4) is 0 Å². The molecular weight excluding hydrogens is 354 g/mol. The van der Waals surface area contributed by atoms with Gasteiger partial charge in [0, 0.05) is 3.57 Å². The first kappa shape index (κ1) is 14.4. The number of benzene rings is 2. The van der Waals surface area contributed by atoms with Gasteiger partial charge in [-0.1, -0.05) is 18.2 Å². The highest BCUT2D eigenvalue weighted by atomic mass is 127. The van der Waals surface area contributed by atoms with E-state index in [0.717, 1.165) is 17.5 Å². The topological polar surface area (TPSA) is 38.0 Å². The second-order valence-electron chi connectivity index (χ2n) is 4.55. The second-order valence-corrected chi connectivity index (χ2v) is 5.80. The van der Waals surface area contributed by atoms with E-state index in [9.17, 15) is 4.39 Å². The van der Waals surface area contributed by atoms with E-state index < -0.39 is 0 Å². The standard InChI is InChI=1S/C15H16FIN2/c1-10-8-12(16)4-7-14(10)15(19-18)9-11-2-5-13(17)6-3-11/h2-8,15,19H,9,18H2,1H3. The number of hydrogen-bond acceptors (Lipinski definition) is 2. The minimum absolute atomic E-state index is 0.0133. The van der Waals surface area contributed by atoms with Crippen LogP contribution in [-0.2, 0) is 6.42 Å². The number of rotatable bonds is 4. The number of hydrogen-bond donors (Lipinski definition) is 2. The molecule has 19 heavy (non-hydrogen) atoms. The summed E-state index contributed by atoms with van der Waals surface area (Å²) >= 11 is 2.28. The van der Waals surface area contributed by atoms with Gasteiger partial charge in [-0.2, -0.15) is 0 Å². The molecule has 0 spiro atoms. The van der Waals surface area contributed by atoms with Gasteiger partial charge >= 0.3 is 0 Å². The van der Waals surface area contributed by atoms with Gasteiger partial charge in [-0.3, -0.25) is 11.3 Å². The molecule has 1 unspecified atom stereocenters. The van der Waals surface area contributed by atoms with Crippen LogP contribution in [0.5, 0.6) is 0 Å². The molecule has 2 nitrogen and oxygen atoms in total. The summed E-state index contributed by atoms with van der Waals surface area (Å²) in [6.07, 6.45) is 0.778. The molecule has 0 aliphatic carbocycles. The van der Waals surface area contributed by atoms with E-state index in [1.54, 1.807) is 6.07 Å². The van der Waals surface area contributed by atoms with Crippen LogP contribution in [0, 0.1) is 16.3 Å².